The Labute approximate surface area is 136 Å². The highest BCUT2D eigenvalue weighted by atomic mass is 32.1. The van der Waals surface area contributed by atoms with E-state index in [1.54, 1.807) is 11.3 Å². The van der Waals surface area contributed by atoms with E-state index in [1.807, 2.05) is 0 Å². The maximum absolute atomic E-state index is 12.3. The molecule has 22 heavy (non-hydrogen) atoms. The molecule has 1 aromatic heterocycles. The molecule has 118 valence electrons. The summed E-state index contributed by atoms with van der Waals surface area (Å²) in [6.45, 7) is 4.45. The summed E-state index contributed by atoms with van der Waals surface area (Å²) in [5.74, 6) is 0.893. The highest BCUT2D eigenvalue weighted by Gasteiger charge is 2.22. The predicted molar refractivity (Wildman–Crippen MR) is 93.5 cm³/mol. The quantitative estimate of drug-likeness (QED) is 0.828. The van der Waals surface area contributed by atoms with Gasteiger partial charge in [0.25, 0.3) is 0 Å². The van der Waals surface area contributed by atoms with Crippen molar-refractivity contribution in [2.24, 2.45) is 5.92 Å². The molecule has 0 bridgehead atoms. The normalized spacial score (nSPS) is 17.5. The van der Waals surface area contributed by atoms with Gasteiger partial charge >= 0.3 is 0 Å². The second-order valence-corrected chi connectivity index (χ2v) is 7.41. The first kappa shape index (κ1) is 15.5. The fourth-order valence-corrected chi connectivity index (χ4v) is 4.03. The van der Waals surface area contributed by atoms with Crippen LogP contribution in [0, 0.1) is 5.92 Å². The zero-order valence-electron chi connectivity index (χ0n) is 13.4. The highest BCUT2D eigenvalue weighted by molar-refractivity contribution is 7.22. The molecule has 0 aliphatic heterocycles. The molecule has 2 aromatic rings. The third-order valence-corrected chi connectivity index (χ3v) is 5.73. The van der Waals surface area contributed by atoms with Gasteiger partial charge in [-0.3, -0.25) is 4.79 Å². The van der Waals surface area contributed by atoms with Gasteiger partial charge in [0, 0.05) is 5.92 Å². The van der Waals surface area contributed by atoms with Crippen LogP contribution in [0.25, 0.3) is 10.2 Å². The summed E-state index contributed by atoms with van der Waals surface area (Å²) < 4.78 is 1.16. The topological polar surface area (TPSA) is 42.0 Å². The fourth-order valence-electron chi connectivity index (χ4n) is 3.11. The zero-order chi connectivity index (χ0) is 15.5. The monoisotopic (exact) mass is 316 g/mol. The molecular formula is C18H24N2OS. The van der Waals surface area contributed by atoms with E-state index in [-0.39, 0.29) is 11.8 Å². The lowest BCUT2D eigenvalue weighted by Crippen LogP contribution is -2.24. The van der Waals surface area contributed by atoms with Gasteiger partial charge in [0.05, 0.1) is 10.2 Å². The van der Waals surface area contributed by atoms with E-state index in [2.05, 4.69) is 42.3 Å². The summed E-state index contributed by atoms with van der Waals surface area (Å²) in [6.07, 6.45) is 6.80. The Hall–Kier alpha value is -1.42. The van der Waals surface area contributed by atoms with Crippen LogP contribution in [0.4, 0.5) is 5.13 Å². The van der Waals surface area contributed by atoms with Gasteiger partial charge in [-0.05, 0) is 42.9 Å². The second-order valence-electron chi connectivity index (χ2n) is 6.38. The third-order valence-electron chi connectivity index (χ3n) is 4.80. The molecule has 0 spiro atoms. The molecule has 0 radical (unpaired) electrons. The molecule has 1 aromatic carbocycles. The first-order valence-electron chi connectivity index (χ1n) is 8.38. The molecule has 1 saturated carbocycles. The summed E-state index contributed by atoms with van der Waals surface area (Å²) in [5.41, 5.74) is 2.33. The Balaban J connectivity index is 1.75. The van der Waals surface area contributed by atoms with Crippen molar-refractivity contribution in [1.82, 2.24) is 4.98 Å². The molecule has 3 nitrogen and oxygen atoms in total. The van der Waals surface area contributed by atoms with E-state index in [1.165, 1.54) is 24.8 Å². The van der Waals surface area contributed by atoms with Crippen LogP contribution in [0.3, 0.4) is 0 Å². The molecule has 1 aliphatic carbocycles. The van der Waals surface area contributed by atoms with Crippen molar-refractivity contribution in [3.05, 3.63) is 23.8 Å². The maximum atomic E-state index is 12.3. The lowest BCUT2D eigenvalue weighted by molar-refractivity contribution is -0.120. The SMILES string of the molecule is CCC(C)c1ccc2nc(NC(=O)C3CCCCC3)sc2c1. The van der Waals surface area contributed by atoms with Gasteiger partial charge in [0.15, 0.2) is 5.13 Å². The minimum atomic E-state index is 0.154. The van der Waals surface area contributed by atoms with Crippen LogP contribution < -0.4 is 5.32 Å². The number of benzene rings is 1. The van der Waals surface area contributed by atoms with E-state index in [4.69, 9.17) is 0 Å². The summed E-state index contributed by atoms with van der Waals surface area (Å²) in [4.78, 5) is 16.9. The fraction of sp³-hybridized carbons (Fsp3) is 0.556. The number of thiazole rings is 1. The molecule has 1 amide bonds. The van der Waals surface area contributed by atoms with Crippen molar-refractivity contribution in [1.29, 1.82) is 0 Å². The smallest absolute Gasteiger partial charge is 0.229 e. The van der Waals surface area contributed by atoms with Crippen molar-refractivity contribution in [3.8, 4) is 0 Å². The number of rotatable bonds is 4. The first-order chi connectivity index (χ1) is 10.7. The van der Waals surface area contributed by atoms with Crippen LogP contribution >= 0.6 is 11.3 Å². The van der Waals surface area contributed by atoms with Gasteiger partial charge in [0.1, 0.15) is 0 Å². The lowest BCUT2D eigenvalue weighted by atomic mass is 9.89. The zero-order valence-corrected chi connectivity index (χ0v) is 14.2. The molecule has 1 aliphatic rings. The third kappa shape index (κ3) is 3.32. The minimum absolute atomic E-state index is 0.154. The molecule has 4 heteroatoms. The number of nitrogens with one attached hydrogen (secondary N) is 1. The summed E-state index contributed by atoms with van der Waals surface area (Å²) >= 11 is 1.59. The van der Waals surface area contributed by atoms with Gasteiger partial charge in [-0.25, -0.2) is 4.98 Å². The van der Waals surface area contributed by atoms with Crippen LogP contribution in [0.15, 0.2) is 18.2 Å². The first-order valence-corrected chi connectivity index (χ1v) is 9.20. The Morgan fingerprint density at radius 1 is 1.36 bits per heavy atom. The molecule has 1 unspecified atom stereocenters. The molecule has 0 saturated heterocycles. The van der Waals surface area contributed by atoms with Gasteiger partial charge in [0.2, 0.25) is 5.91 Å². The van der Waals surface area contributed by atoms with Crippen LogP contribution in [-0.4, -0.2) is 10.9 Å². The number of nitrogens with zero attached hydrogens (tertiary/aromatic N) is 1. The highest BCUT2D eigenvalue weighted by Crippen LogP contribution is 2.31. The van der Waals surface area contributed by atoms with Crippen molar-refractivity contribution in [2.75, 3.05) is 5.32 Å². The standard InChI is InChI=1S/C18H24N2OS/c1-3-12(2)14-9-10-15-16(11-14)22-18(19-15)20-17(21)13-7-5-4-6-8-13/h9-13H,3-8H2,1-2H3,(H,19,20,21). The molecular weight excluding hydrogens is 292 g/mol. The maximum Gasteiger partial charge on any atom is 0.229 e. The molecule has 1 heterocycles. The number of amides is 1. The van der Waals surface area contributed by atoms with Gasteiger partial charge in [-0.1, -0.05) is 50.5 Å². The van der Waals surface area contributed by atoms with Crippen molar-refractivity contribution < 1.29 is 4.79 Å². The van der Waals surface area contributed by atoms with Gasteiger partial charge in [-0.15, -0.1) is 0 Å². The van der Waals surface area contributed by atoms with E-state index in [9.17, 15) is 4.79 Å². The minimum Gasteiger partial charge on any atom is -0.302 e. The largest absolute Gasteiger partial charge is 0.302 e. The Morgan fingerprint density at radius 2 is 2.14 bits per heavy atom. The molecule has 1 N–H and O–H groups in total. The summed E-state index contributed by atoms with van der Waals surface area (Å²) in [5, 5.41) is 3.77. The number of hydrogen-bond acceptors (Lipinski definition) is 3. The number of fused-ring (bicyclic) bond motifs is 1. The summed E-state index contributed by atoms with van der Waals surface area (Å²) in [6, 6.07) is 6.45. The number of hydrogen-bond donors (Lipinski definition) is 1. The number of carbonyl (C=O) groups excluding carboxylic acids is 1. The summed E-state index contributed by atoms with van der Waals surface area (Å²) in [7, 11) is 0. The van der Waals surface area contributed by atoms with E-state index in [0.717, 1.165) is 34.6 Å². The average Bonchev–Trinajstić information content (AvgIpc) is 2.96. The van der Waals surface area contributed by atoms with E-state index < -0.39 is 0 Å². The Morgan fingerprint density at radius 3 is 2.86 bits per heavy atom. The van der Waals surface area contributed by atoms with E-state index >= 15 is 0 Å². The average molecular weight is 316 g/mol. The Bertz CT molecular complexity index is 658. The molecule has 1 fully saturated rings. The van der Waals surface area contributed by atoms with Crippen molar-refractivity contribution >= 4 is 32.6 Å². The van der Waals surface area contributed by atoms with Crippen LogP contribution in [0.2, 0.25) is 0 Å². The molecule has 3 rings (SSSR count). The van der Waals surface area contributed by atoms with Crippen molar-refractivity contribution in [3.63, 3.8) is 0 Å². The van der Waals surface area contributed by atoms with Crippen LogP contribution in [0.1, 0.15) is 63.9 Å². The second kappa shape index (κ2) is 6.78. The van der Waals surface area contributed by atoms with Crippen molar-refractivity contribution in [2.45, 2.75) is 58.3 Å². The predicted octanol–water partition coefficient (Wildman–Crippen LogP) is 5.33. The number of anilines is 1. The van der Waals surface area contributed by atoms with Crippen LogP contribution in [0.5, 0.6) is 0 Å². The Kier molecular flexibility index (Phi) is 4.77. The van der Waals surface area contributed by atoms with Gasteiger partial charge in [-0.2, -0.15) is 0 Å². The lowest BCUT2D eigenvalue weighted by Gasteiger charge is -2.19. The van der Waals surface area contributed by atoms with E-state index in [0.29, 0.717) is 5.92 Å². The van der Waals surface area contributed by atoms with Gasteiger partial charge < -0.3 is 5.32 Å². The molecule has 1 atom stereocenters. The van der Waals surface area contributed by atoms with Crippen LogP contribution in [-0.2, 0) is 4.79 Å². The number of aromatic nitrogens is 1. The number of carbonyl (C=O) groups is 1.